The highest BCUT2D eigenvalue weighted by atomic mass is 15.1. The maximum atomic E-state index is 2.44. The number of nitrogens with zero attached hydrogens (tertiary/aromatic N) is 1. The average Bonchev–Trinajstić information content (AvgIpc) is 3.52. The van der Waals surface area contributed by atoms with E-state index in [-0.39, 0.29) is 0 Å². The lowest BCUT2D eigenvalue weighted by Crippen LogP contribution is -2.11. The molecule has 1 heteroatoms. The second kappa shape index (κ2) is 20.0. The van der Waals surface area contributed by atoms with Crippen LogP contribution in [0.15, 0.2) is 309 Å². The third-order valence-corrected chi connectivity index (χ3v) is 14.7. The molecule has 0 radical (unpaired) electrons. The van der Waals surface area contributed by atoms with Crippen molar-refractivity contribution in [2.75, 3.05) is 4.90 Å². The Bertz CT molecular complexity index is 4110. The Morgan fingerprint density at radius 2 is 0.560 bits per heavy atom. The number of benzene rings is 13. The lowest BCUT2D eigenvalue weighted by Gasteiger charge is -2.29. The van der Waals surface area contributed by atoms with Crippen LogP contribution in [0.5, 0.6) is 0 Å². The molecule has 0 bridgehead atoms. The number of hydrogen-bond donors (Lipinski definition) is 0. The van der Waals surface area contributed by atoms with Crippen LogP contribution >= 0.6 is 0 Å². The lowest BCUT2D eigenvalue weighted by atomic mass is 9.84. The second-order valence-electron chi connectivity index (χ2n) is 19.2. The Kier molecular flexibility index (Phi) is 12.0. The highest BCUT2D eigenvalue weighted by Crippen LogP contribution is 2.48. The summed E-state index contributed by atoms with van der Waals surface area (Å²) in [5.41, 5.74) is 22.2. The van der Waals surface area contributed by atoms with Gasteiger partial charge in [-0.3, -0.25) is 0 Å². The summed E-state index contributed by atoms with van der Waals surface area (Å²) in [6, 6.07) is 113. The van der Waals surface area contributed by atoms with Crippen LogP contribution < -0.4 is 4.90 Å². The molecular weight excluding hydrogens is 903 g/mol. The largest absolute Gasteiger partial charge is 0.310 e. The fraction of sp³-hybridized carbons (Fsp3) is 0. The van der Waals surface area contributed by atoms with Gasteiger partial charge in [0.2, 0.25) is 0 Å². The van der Waals surface area contributed by atoms with Crippen LogP contribution in [0.1, 0.15) is 0 Å². The molecule has 0 saturated carbocycles. The Morgan fingerprint density at radius 1 is 0.173 bits per heavy atom. The van der Waals surface area contributed by atoms with Crippen LogP contribution in [0.4, 0.5) is 17.1 Å². The molecular formula is C74H51N. The average molecular weight is 954 g/mol. The summed E-state index contributed by atoms with van der Waals surface area (Å²) in [6.45, 7) is 0. The van der Waals surface area contributed by atoms with Crippen molar-refractivity contribution in [3.63, 3.8) is 0 Å². The SMILES string of the molecule is c1ccc(-c2ccc(-c3ccc(N(c4cccc(-c5ccc6c(c5)c(-c5ccccc5)c(-c5ccccc5)c5ccccc56)c4)c4ccc(-c5ccccc5)cc4-c4ccccc4)cc3)c(-c3ccccc3)c2)cc1. The zero-order valence-electron chi connectivity index (χ0n) is 41.4. The van der Waals surface area contributed by atoms with Crippen molar-refractivity contribution in [1.29, 1.82) is 0 Å². The summed E-state index contributed by atoms with van der Waals surface area (Å²) in [4.78, 5) is 2.44. The van der Waals surface area contributed by atoms with Crippen molar-refractivity contribution < 1.29 is 0 Å². The fourth-order valence-corrected chi connectivity index (χ4v) is 11.1. The summed E-state index contributed by atoms with van der Waals surface area (Å²) in [6.07, 6.45) is 0. The molecule has 0 aliphatic heterocycles. The molecule has 0 spiro atoms. The number of anilines is 3. The Labute approximate surface area is 439 Å². The van der Waals surface area contributed by atoms with Gasteiger partial charge in [0, 0.05) is 16.9 Å². The minimum atomic E-state index is 1.06. The molecule has 0 saturated heterocycles. The lowest BCUT2D eigenvalue weighted by molar-refractivity contribution is 1.28. The van der Waals surface area contributed by atoms with E-state index in [9.17, 15) is 0 Å². The first-order valence-corrected chi connectivity index (χ1v) is 25.8. The minimum absolute atomic E-state index is 1.06. The fourth-order valence-electron chi connectivity index (χ4n) is 11.1. The van der Waals surface area contributed by atoms with Crippen molar-refractivity contribution in [3.05, 3.63) is 309 Å². The van der Waals surface area contributed by atoms with Crippen LogP contribution in [0.25, 0.3) is 111 Å². The van der Waals surface area contributed by atoms with E-state index >= 15 is 0 Å². The first-order valence-electron chi connectivity index (χ1n) is 25.8. The molecule has 13 rings (SSSR count). The number of hydrogen-bond acceptors (Lipinski definition) is 1. The van der Waals surface area contributed by atoms with E-state index in [1.807, 2.05) is 0 Å². The van der Waals surface area contributed by atoms with Crippen LogP contribution in [-0.2, 0) is 0 Å². The molecule has 0 aliphatic carbocycles. The van der Waals surface area contributed by atoms with Gasteiger partial charge in [0.15, 0.2) is 0 Å². The van der Waals surface area contributed by atoms with E-state index in [0.29, 0.717) is 0 Å². The first-order chi connectivity index (χ1) is 37.2. The molecule has 352 valence electrons. The second-order valence-corrected chi connectivity index (χ2v) is 19.2. The van der Waals surface area contributed by atoms with E-state index in [1.165, 1.54) is 82.7 Å². The van der Waals surface area contributed by atoms with Crippen molar-refractivity contribution >= 4 is 38.6 Å². The van der Waals surface area contributed by atoms with Crippen molar-refractivity contribution in [2.45, 2.75) is 0 Å². The van der Waals surface area contributed by atoms with Crippen LogP contribution in [0.2, 0.25) is 0 Å². The molecule has 1 nitrogen and oxygen atoms in total. The van der Waals surface area contributed by atoms with Crippen molar-refractivity contribution in [1.82, 2.24) is 0 Å². The Balaban J connectivity index is 0.995. The van der Waals surface area contributed by atoms with Crippen LogP contribution in [0.3, 0.4) is 0 Å². The molecule has 0 heterocycles. The van der Waals surface area contributed by atoms with Gasteiger partial charge in [-0.2, -0.15) is 0 Å². The van der Waals surface area contributed by atoms with Crippen molar-refractivity contribution in [2.24, 2.45) is 0 Å². The maximum absolute atomic E-state index is 2.44. The summed E-state index contributed by atoms with van der Waals surface area (Å²) in [5, 5.41) is 4.96. The van der Waals surface area contributed by atoms with Gasteiger partial charge in [-0.05, 0) is 154 Å². The first kappa shape index (κ1) is 45.1. The summed E-state index contributed by atoms with van der Waals surface area (Å²) >= 11 is 0. The van der Waals surface area contributed by atoms with Gasteiger partial charge >= 0.3 is 0 Å². The van der Waals surface area contributed by atoms with E-state index < -0.39 is 0 Å². The van der Waals surface area contributed by atoms with Crippen molar-refractivity contribution in [3.8, 4) is 89.0 Å². The summed E-state index contributed by atoms with van der Waals surface area (Å²) in [7, 11) is 0. The van der Waals surface area contributed by atoms with Crippen LogP contribution in [-0.4, -0.2) is 0 Å². The quantitative estimate of drug-likeness (QED) is 0.117. The highest BCUT2D eigenvalue weighted by Gasteiger charge is 2.22. The standard InChI is InChI=1S/C74H51N/c1-7-22-52(23-8-1)60-40-45-65(69(49-60)54-26-11-3-12-27-54)56-38-43-63(44-39-56)75(72-47-42-61(53-24-9-2-10-25-53)50-70(72)55-28-13-4-14-29-55)64-35-21-34-59(48-64)62-41-46-67-66-36-19-20-37-68(66)73(57-30-15-5-16-31-57)74(71(67)51-62)58-32-17-6-18-33-58/h1-51H. The third kappa shape index (κ3) is 8.77. The molecule has 0 fully saturated rings. The van der Waals surface area contributed by atoms with Gasteiger partial charge in [-0.15, -0.1) is 0 Å². The predicted molar refractivity (Wildman–Crippen MR) is 320 cm³/mol. The van der Waals surface area contributed by atoms with E-state index in [2.05, 4.69) is 314 Å². The maximum Gasteiger partial charge on any atom is 0.0540 e. The zero-order chi connectivity index (χ0) is 49.9. The van der Waals surface area contributed by atoms with Gasteiger partial charge in [-0.1, -0.05) is 261 Å². The summed E-state index contributed by atoms with van der Waals surface area (Å²) in [5.74, 6) is 0. The molecule has 0 aromatic heterocycles. The Morgan fingerprint density at radius 3 is 1.15 bits per heavy atom. The molecule has 13 aromatic rings. The molecule has 0 N–H and O–H groups in total. The predicted octanol–water partition coefficient (Wildman–Crippen LogP) is 20.8. The highest BCUT2D eigenvalue weighted by molar-refractivity contribution is 6.22. The molecule has 75 heavy (non-hydrogen) atoms. The van der Waals surface area contributed by atoms with Gasteiger partial charge in [0.25, 0.3) is 0 Å². The third-order valence-electron chi connectivity index (χ3n) is 14.7. The van der Waals surface area contributed by atoms with Gasteiger partial charge < -0.3 is 4.90 Å². The normalized spacial score (nSPS) is 11.2. The molecule has 0 unspecified atom stereocenters. The van der Waals surface area contributed by atoms with E-state index in [1.54, 1.807) is 0 Å². The molecule has 0 atom stereocenters. The zero-order valence-corrected chi connectivity index (χ0v) is 41.4. The molecule has 0 amide bonds. The topological polar surface area (TPSA) is 3.24 Å². The van der Waals surface area contributed by atoms with Gasteiger partial charge in [0.05, 0.1) is 5.69 Å². The van der Waals surface area contributed by atoms with E-state index in [4.69, 9.17) is 0 Å². The monoisotopic (exact) mass is 953 g/mol. The van der Waals surface area contributed by atoms with Gasteiger partial charge in [-0.25, -0.2) is 0 Å². The number of rotatable bonds is 11. The smallest absolute Gasteiger partial charge is 0.0540 e. The molecule has 13 aromatic carbocycles. The summed E-state index contributed by atoms with van der Waals surface area (Å²) < 4.78 is 0. The van der Waals surface area contributed by atoms with E-state index in [0.717, 1.165) is 44.9 Å². The number of fused-ring (bicyclic) bond motifs is 3. The van der Waals surface area contributed by atoms with Crippen LogP contribution in [0, 0.1) is 0 Å². The Hall–Kier alpha value is -9.82. The van der Waals surface area contributed by atoms with Gasteiger partial charge in [0.1, 0.15) is 0 Å². The minimum Gasteiger partial charge on any atom is -0.310 e. The molecule has 0 aliphatic rings.